The van der Waals surface area contributed by atoms with Gasteiger partial charge < -0.3 is 15.0 Å². The molecule has 0 aliphatic carbocycles. The normalized spacial score (nSPS) is 12.4. The van der Waals surface area contributed by atoms with Gasteiger partial charge in [-0.05, 0) is 35.4 Å². The number of rotatable bonds is 6. The van der Waals surface area contributed by atoms with Gasteiger partial charge in [0.2, 0.25) is 5.91 Å². The highest BCUT2D eigenvalue weighted by Gasteiger charge is 2.21. The topological polar surface area (TPSA) is 71.3 Å². The number of hydrogen-bond acceptors (Lipinski definition) is 2. The molecule has 0 aliphatic heterocycles. The van der Waals surface area contributed by atoms with E-state index in [1.807, 2.05) is 42.1 Å². The second-order valence-electron chi connectivity index (χ2n) is 6.27. The first kappa shape index (κ1) is 18.4. The van der Waals surface area contributed by atoms with Crippen molar-refractivity contribution in [3.63, 3.8) is 0 Å². The Morgan fingerprint density at radius 3 is 2.59 bits per heavy atom. The molecular weight excluding hydrogens is 347 g/mol. The van der Waals surface area contributed by atoms with Crippen molar-refractivity contribution in [2.75, 3.05) is 0 Å². The number of aromatic nitrogens is 1. The summed E-state index contributed by atoms with van der Waals surface area (Å²) in [6.07, 6.45) is 4.80. The zero-order valence-corrected chi connectivity index (χ0v) is 14.7. The quantitative estimate of drug-likeness (QED) is 0.659. The molecule has 2 N–H and O–H groups in total. The Labute approximate surface area is 155 Å². The maximum atomic E-state index is 12.9. The van der Waals surface area contributed by atoms with Crippen LogP contribution in [-0.4, -0.2) is 27.6 Å². The van der Waals surface area contributed by atoms with Crippen LogP contribution in [0.25, 0.3) is 17.0 Å². The Morgan fingerprint density at radius 2 is 1.89 bits per heavy atom. The molecule has 3 rings (SSSR count). The molecule has 0 spiro atoms. The van der Waals surface area contributed by atoms with Gasteiger partial charge in [-0.15, -0.1) is 0 Å². The molecule has 1 aromatic heterocycles. The van der Waals surface area contributed by atoms with E-state index in [0.29, 0.717) is 5.56 Å². The fourth-order valence-corrected chi connectivity index (χ4v) is 2.97. The van der Waals surface area contributed by atoms with Crippen molar-refractivity contribution in [1.29, 1.82) is 0 Å². The number of aryl methyl sites for hydroxylation is 1. The largest absolute Gasteiger partial charge is 0.480 e. The van der Waals surface area contributed by atoms with E-state index in [4.69, 9.17) is 0 Å². The van der Waals surface area contributed by atoms with E-state index >= 15 is 0 Å². The number of carboxylic acids is 1. The van der Waals surface area contributed by atoms with Crippen LogP contribution in [0.5, 0.6) is 0 Å². The molecule has 0 fully saturated rings. The average Bonchev–Trinajstić information content (AvgIpc) is 2.97. The molecule has 27 heavy (non-hydrogen) atoms. The number of para-hydroxylation sites is 1. The Hall–Kier alpha value is -3.41. The number of benzene rings is 2. The van der Waals surface area contributed by atoms with Crippen molar-refractivity contribution in [2.45, 2.75) is 12.5 Å². The lowest BCUT2D eigenvalue weighted by molar-refractivity contribution is -0.141. The zero-order chi connectivity index (χ0) is 19.4. The fourth-order valence-electron chi connectivity index (χ4n) is 2.97. The van der Waals surface area contributed by atoms with E-state index in [2.05, 4.69) is 5.32 Å². The Balaban J connectivity index is 1.72. The molecule has 0 saturated carbocycles. The van der Waals surface area contributed by atoms with Crippen LogP contribution < -0.4 is 5.32 Å². The highest BCUT2D eigenvalue weighted by Crippen LogP contribution is 2.21. The molecule has 5 nitrogen and oxygen atoms in total. The number of aliphatic carboxylic acids is 1. The van der Waals surface area contributed by atoms with Crippen molar-refractivity contribution < 1.29 is 19.1 Å². The van der Waals surface area contributed by atoms with Crippen molar-refractivity contribution in [2.24, 2.45) is 7.05 Å². The van der Waals surface area contributed by atoms with Gasteiger partial charge >= 0.3 is 5.97 Å². The van der Waals surface area contributed by atoms with Gasteiger partial charge in [-0.2, -0.15) is 0 Å². The third-order valence-electron chi connectivity index (χ3n) is 4.32. The number of nitrogens with zero attached hydrogens (tertiary/aromatic N) is 1. The summed E-state index contributed by atoms with van der Waals surface area (Å²) in [5.74, 6) is -1.99. The molecule has 2 aromatic carbocycles. The maximum Gasteiger partial charge on any atom is 0.326 e. The van der Waals surface area contributed by atoms with E-state index in [1.165, 1.54) is 36.4 Å². The molecule has 3 aromatic rings. The Morgan fingerprint density at radius 1 is 1.19 bits per heavy atom. The first-order valence-electron chi connectivity index (χ1n) is 8.44. The van der Waals surface area contributed by atoms with Gasteiger partial charge in [0.15, 0.2) is 0 Å². The number of carboxylic acid groups (broad SMARTS) is 1. The lowest BCUT2D eigenvalue weighted by Gasteiger charge is -2.13. The van der Waals surface area contributed by atoms with Crippen molar-refractivity contribution in [3.05, 3.63) is 77.7 Å². The minimum absolute atomic E-state index is 0.173. The SMILES string of the molecule is Cn1cc(C[C@H](NC(=O)/C=C/c2ccc(F)cc2)C(=O)O)c2ccccc21. The van der Waals surface area contributed by atoms with Crippen LogP contribution in [-0.2, 0) is 23.1 Å². The number of nitrogens with one attached hydrogen (secondary N) is 1. The number of carbonyl (C=O) groups excluding carboxylic acids is 1. The van der Waals surface area contributed by atoms with Crippen LogP contribution in [0.1, 0.15) is 11.1 Å². The lowest BCUT2D eigenvalue weighted by Crippen LogP contribution is -2.41. The van der Waals surface area contributed by atoms with Crippen LogP contribution in [0.15, 0.2) is 60.8 Å². The third-order valence-corrected chi connectivity index (χ3v) is 4.32. The summed E-state index contributed by atoms with van der Waals surface area (Å²) < 4.78 is 14.8. The summed E-state index contributed by atoms with van der Waals surface area (Å²) >= 11 is 0. The smallest absolute Gasteiger partial charge is 0.326 e. The third kappa shape index (κ3) is 4.41. The molecule has 6 heteroatoms. The van der Waals surface area contributed by atoms with Gasteiger partial charge in [0.1, 0.15) is 11.9 Å². The summed E-state index contributed by atoms with van der Waals surface area (Å²) in [5.41, 5.74) is 2.50. The summed E-state index contributed by atoms with van der Waals surface area (Å²) in [6, 6.07) is 12.3. The highest BCUT2D eigenvalue weighted by atomic mass is 19.1. The number of hydrogen-bond donors (Lipinski definition) is 2. The van der Waals surface area contributed by atoms with Crippen molar-refractivity contribution >= 4 is 28.9 Å². The number of amides is 1. The van der Waals surface area contributed by atoms with Gasteiger partial charge in [0, 0.05) is 36.6 Å². The first-order valence-corrected chi connectivity index (χ1v) is 8.44. The molecule has 1 heterocycles. The number of carbonyl (C=O) groups is 2. The number of fused-ring (bicyclic) bond motifs is 1. The average molecular weight is 366 g/mol. The second kappa shape index (κ2) is 7.86. The van der Waals surface area contributed by atoms with E-state index in [9.17, 15) is 19.1 Å². The predicted molar refractivity (Wildman–Crippen MR) is 102 cm³/mol. The Bertz CT molecular complexity index is 1010. The minimum Gasteiger partial charge on any atom is -0.480 e. The van der Waals surface area contributed by atoms with Crippen LogP contribution >= 0.6 is 0 Å². The van der Waals surface area contributed by atoms with E-state index in [0.717, 1.165) is 16.5 Å². The first-order chi connectivity index (χ1) is 12.9. The van der Waals surface area contributed by atoms with Crippen LogP contribution in [0.2, 0.25) is 0 Å². The zero-order valence-electron chi connectivity index (χ0n) is 14.7. The fraction of sp³-hybridized carbons (Fsp3) is 0.143. The van der Waals surface area contributed by atoms with Crippen LogP contribution in [0.4, 0.5) is 4.39 Å². The molecule has 0 aliphatic rings. The molecular formula is C21H19FN2O3. The molecule has 1 atom stereocenters. The summed E-state index contributed by atoms with van der Waals surface area (Å²) in [7, 11) is 1.89. The molecule has 0 unspecified atom stereocenters. The number of halogens is 1. The van der Waals surface area contributed by atoms with Gasteiger partial charge in [-0.3, -0.25) is 4.79 Å². The van der Waals surface area contributed by atoms with E-state index in [-0.39, 0.29) is 12.2 Å². The Kier molecular flexibility index (Phi) is 5.35. The van der Waals surface area contributed by atoms with Gasteiger partial charge in [0.05, 0.1) is 0 Å². The summed E-state index contributed by atoms with van der Waals surface area (Å²) in [4.78, 5) is 23.7. The molecule has 138 valence electrons. The van der Waals surface area contributed by atoms with Crippen molar-refractivity contribution in [3.8, 4) is 0 Å². The monoisotopic (exact) mass is 366 g/mol. The lowest BCUT2D eigenvalue weighted by atomic mass is 10.0. The molecule has 1 amide bonds. The standard InChI is InChI=1S/C21H19FN2O3/c1-24-13-15(17-4-2-3-5-19(17)24)12-18(21(26)27)23-20(25)11-8-14-6-9-16(22)10-7-14/h2-11,13,18H,12H2,1H3,(H,23,25)(H,26,27)/b11-8+/t18-/m0/s1. The summed E-state index contributed by atoms with van der Waals surface area (Å²) in [5, 5.41) is 13.0. The maximum absolute atomic E-state index is 12.9. The van der Waals surface area contributed by atoms with Crippen molar-refractivity contribution in [1.82, 2.24) is 9.88 Å². The van der Waals surface area contributed by atoms with Gasteiger partial charge in [-0.25, -0.2) is 9.18 Å². The van der Waals surface area contributed by atoms with Gasteiger partial charge in [0.25, 0.3) is 0 Å². The van der Waals surface area contributed by atoms with E-state index in [1.54, 1.807) is 0 Å². The summed E-state index contributed by atoms with van der Waals surface area (Å²) in [6.45, 7) is 0. The molecule has 0 saturated heterocycles. The highest BCUT2D eigenvalue weighted by molar-refractivity contribution is 5.94. The minimum atomic E-state index is -1.11. The van der Waals surface area contributed by atoms with Crippen LogP contribution in [0, 0.1) is 5.82 Å². The van der Waals surface area contributed by atoms with Crippen LogP contribution in [0.3, 0.4) is 0 Å². The molecule has 0 radical (unpaired) electrons. The molecule has 0 bridgehead atoms. The van der Waals surface area contributed by atoms with Gasteiger partial charge in [-0.1, -0.05) is 30.3 Å². The van der Waals surface area contributed by atoms with E-state index < -0.39 is 17.9 Å². The predicted octanol–water partition coefficient (Wildman–Crippen LogP) is 3.14. The second-order valence-corrected chi connectivity index (χ2v) is 6.27.